The Kier molecular flexibility index (Phi) is 4.85. The molecule has 1 heterocycles. The Morgan fingerprint density at radius 2 is 2.38 bits per heavy atom. The standard InChI is InChI=1S/C10H13BrN2O3/c1-2-16-10(15)8(12)9(14)6-3-4-7(11)13-5-6/h3-5,8-9,14H,2,12H2,1H3/t8-,9-/m1/s1. The fourth-order valence-electron chi connectivity index (χ4n) is 1.14. The Labute approximate surface area is 102 Å². The molecule has 1 rings (SSSR count). The van der Waals surface area contributed by atoms with Gasteiger partial charge >= 0.3 is 5.97 Å². The predicted molar refractivity (Wildman–Crippen MR) is 61.5 cm³/mol. The first-order chi connectivity index (χ1) is 7.56. The van der Waals surface area contributed by atoms with E-state index >= 15 is 0 Å². The van der Waals surface area contributed by atoms with Gasteiger partial charge < -0.3 is 15.6 Å². The van der Waals surface area contributed by atoms with Crippen LogP contribution in [-0.2, 0) is 9.53 Å². The highest BCUT2D eigenvalue weighted by Gasteiger charge is 2.25. The molecule has 0 saturated heterocycles. The summed E-state index contributed by atoms with van der Waals surface area (Å²) in [5.41, 5.74) is 6.03. The van der Waals surface area contributed by atoms with E-state index in [4.69, 9.17) is 10.5 Å². The lowest BCUT2D eigenvalue weighted by atomic mass is 10.1. The zero-order valence-electron chi connectivity index (χ0n) is 8.76. The maximum Gasteiger partial charge on any atom is 0.325 e. The molecule has 6 heteroatoms. The average Bonchev–Trinajstić information content (AvgIpc) is 2.28. The van der Waals surface area contributed by atoms with Gasteiger partial charge in [-0.25, -0.2) is 4.98 Å². The summed E-state index contributed by atoms with van der Waals surface area (Å²) in [6, 6.07) is 2.21. The number of nitrogens with zero attached hydrogens (tertiary/aromatic N) is 1. The number of carbonyl (C=O) groups excluding carboxylic acids is 1. The van der Waals surface area contributed by atoms with Gasteiger partial charge in [0.1, 0.15) is 16.7 Å². The Morgan fingerprint density at radius 1 is 1.69 bits per heavy atom. The van der Waals surface area contributed by atoms with Crippen LogP contribution in [0.3, 0.4) is 0 Å². The Hall–Kier alpha value is -0.980. The SMILES string of the molecule is CCOC(=O)[C@H](N)[C@H](O)c1ccc(Br)nc1. The minimum atomic E-state index is -1.11. The van der Waals surface area contributed by atoms with Crippen molar-refractivity contribution in [2.75, 3.05) is 6.61 Å². The van der Waals surface area contributed by atoms with Crippen molar-refractivity contribution in [3.63, 3.8) is 0 Å². The smallest absolute Gasteiger partial charge is 0.325 e. The Bertz CT molecular complexity index is 356. The molecule has 0 unspecified atom stereocenters. The summed E-state index contributed by atoms with van der Waals surface area (Å²) in [5, 5.41) is 9.80. The lowest BCUT2D eigenvalue weighted by molar-refractivity contribution is -0.147. The van der Waals surface area contributed by atoms with E-state index < -0.39 is 18.1 Å². The summed E-state index contributed by atoms with van der Waals surface area (Å²) >= 11 is 3.17. The summed E-state index contributed by atoms with van der Waals surface area (Å²) in [6.45, 7) is 1.91. The number of hydrogen-bond acceptors (Lipinski definition) is 5. The van der Waals surface area contributed by atoms with Crippen molar-refractivity contribution in [1.29, 1.82) is 0 Å². The van der Waals surface area contributed by atoms with Crippen LogP contribution in [0.2, 0.25) is 0 Å². The molecular weight excluding hydrogens is 276 g/mol. The monoisotopic (exact) mass is 288 g/mol. The van der Waals surface area contributed by atoms with Crippen LogP contribution < -0.4 is 5.73 Å². The molecule has 0 aromatic carbocycles. The van der Waals surface area contributed by atoms with Crippen LogP contribution in [0.1, 0.15) is 18.6 Å². The van der Waals surface area contributed by atoms with Gasteiger partial charge in [-0.3, -0.25) is 4.79 Å². The maximum atomic E-state index is 11.3. The van der Waals surface area contributed by atoms with Crippen LogP contribution in [0.5, 0.6) is 0 Å². The largest absolute Gasteiger partial charge is 0.465 e. The second-order valence-electron chi connectivity index (χ2n) is 3.14. The van der Waals surface area contributed by atoms with Gasteiger partial charge in [-0.05, 0) is 28.9 Å². The summed E-state index contributed by atoms with van der Waals surface area (Å²) in [4.78, 5) is 15.2. The van der Waals surface area contributed by atoms with Gasteiger partial charge in [-0.1, -0.05) is 6.07 Å². The molecular formula is C10H13BrN2O3. The summed E-state index contributed by atoms with van der Waals surface area (Å²) in [7, 11) is 0. The zero-order valence-corrected chi connectivity index (χ0v) is 10.3. The number of carbonyl (C=O) groups is 1. The van der Waals surface area contributed by atoms with Gasteiger partial charge in [-0.2, -0.15) is 0 Å². The van der Waals surface area contributed by atoms with Gasteiger partial charge in [0, 0.05) is 11.8 Å². The second-order valence-corrected chi connectivity index (χ2v) is 3.95. The van der Waals surface area contributed by atoms with Crippen molar-refractivity contribution < 1.29 is 14.6 Å². The molecule has 88 valence electrons. The predicted octanol–water partition coefficient (Wildman–Crippen LogP) is 0.768. The van der Waals surface area contributed by atoms with Crippen molar-refractivity contribution in [2.24, 2.45) is 5.73 Å². The third-order valence-electron chi connectivity index (χ3n) is 1.99. The number of rotatable bonds is 4. The van der Waals surface area contributed by atoms with Crippen molar-refractivity contribution >= 4 is 21.9 Å². The lowest BCUT2D eigenvalue weighted by Crippen LogP contribution is -2.38. The number of pyridine rings is 1. The van der Waals surface area contributed by atoms with E-state index in [9.17, 15) is 9.90 Å². The van der Waals surface area contributed by atoms with E-state index in [-0.39, 0.29) is 6.61 Å². The topological polar surface area (TPSA) is 85.4 Å². The second kappa shape index (κ2) is 5.93. The van der Waals surface area contributed by atoms with Gasteiger partial charge in [0.05, 0.1) is 6.61 Å². The fourth-order valence-corrected chi connectivity index (χ4v) is 1.37. The molecule has 0 aliphatic carbocycles. The average molecular weight is 289 g/mol. The minimum absolute atomic E-state index is 0.234. The van der Waals surface area contributed by atoms with Crippen molar-refractivity contribution in [2.45, 2.75) is 19.1 Å². The van der Waals surface area contributed by atoms with E-state index in [1.54, 1.807) is 19.1 Å². The molecule has 2 atom stereocenters. The number of hydrogen-bond donors (Lipinski definition) is 2. The van der Waals surface area contributed by atoms with Crippen LogP contribution in [0, 0.1) is 0 Å². The summed E-state index contributed by atoms with van der Waals surface area (Å²) in [5.74, 6) is -0.627. The molecule has 0 saturated carbocycles. The molecule has 0 amide bonds. The Morgan fingerprint density at radius 3 is 2.88 bits per heavy atom. The summed E-state index contributed by atoms with van der Waals surface area (Å²) in [6.07, 6.45) is 0.341. The molecule has 16 heavy (non-hydrogen) atoms. The van der Waals surface area contributed by atoms with Crippen LogP contribution in [0.15, 0.2) is 22.9 Å². The van der Waals surface area contributed by atoms with Crippen LogP contribution >= 0.6 is 15.9 Å². The van der Waals surface area contributed by atoms with Gasteiger partial charge in [0.2, 0.25) is 0 Å². The molecule has 1 aromatic heterocycles. The molecule has 3 N–H and O–H groups in total. The van der Waals surface area contributed by atoms with Crippen molar-refractivity contribution in [3.8, 4) is 0 Å². The highest BCUT2D eigenvalue weighted by Crippen LogP contribution is 2.17. The first-order valence-corrected chi connectivity index (χ1v) is 5.57. The number of aliphatic hydroxyl groups is 1. The highest BCUT2D eigenvalue weighted by molar-refractivity contribution is 9.10. The fraction of sp³-hybridized carbons (Fsp3) is 0.400. The van der Waals surface area contributed by atoms with E-state index in [0.29, 0.717) is 10.2 Å². The van der Waals surface area contributed by atoms with Crippen LogP contribution in [-0.4, -0.2) is 28.7 Å². The molecule has 0 radical (unpaired) electrons. The third kappa shape index (κ3) is 3.26. The minimum Gasteiger partial charge on any atom is -0.465 e. The highest BCUT2D eigenvalue weighted by atomic mass is 79.9. The summed E-state index contributed by atoms with van der Waals surface area (Å²) < 4.78 is 5.36. The molecule has 1 aromatic rings. The number of esters is 1. The number of ether oxygens (including phenoxy) is 1. The first-order valence-electron chi connectivity index (χ1n) is 4.78. The molecule has 0 bridgehead atoms. The lowest BCUT2D eigenvalue weighted by Gasteiger charge is -2.17. The maximum absolute atomic E-state index is 11.3. The number of aliphatic hydroxyl groups excluding tert-OH is 1. The molecule has 5 nitrogen and oxygen atoms in total. The molecule has 0 aliphatic heterocycles. The van der Waals surface area contributed by atoms with Crippen LogP contribution in [0.25, 0.3) is 0 Å². The quantitative estimate of drug-likeness (QED) is 0.631. The van der Waals surface area contributed by atoms with Crippen LogP contribution in [0.4, 0.5) is 0 Å². The van der Waals surface area contributed by atoms with Crippen molar-refractivity contribution in [1.82, 2.24) is 4.98 Å². The van der Waals surface area contributed by atoms with E-state index in [1.807, 2.05) is 0 Å². The van der Waals surface area contributed by atoms with Crippen molar-refractivity contribution in [3.05, 3.63) is 28.5 Å². The molecule has 0 spiro atoms. The molecule has 0 fully saturated rings. The number of aromatic nitrogens is 1. The first kappa shape index (κ1) is 13.1. The van der Waals surface area contributed by atoms with Gasteiger partial charge in [0.15, 0.2) is 0 Å². The van der Waals surface area contributed by atoms with Gasteiger partial charge in [-0.15, -0.1) is 0 Å². The van der Waals surface area contributed by atoms with E-state index in [0.717, 1.165) is 0 Å². The third-order valence-corrected chi connectivity index (χ3v) is 2.46. The van der Waals surface area contributed by atoms with Gasteiger partial charge in [0.25, 0.3) is 0 Å². The normalized spacial score (nSPS) is 14.2. The number of halogens is 1. The number of nitrogens with two attached hydrogens (primary N) is 1. The van der Waals surface area contributed by atoms with E-state index in [2.05, 4.69) is 20.9 Å². The van der Waals surface area contributed by atoms with E-state index in [1.165, 1.54) is 6.20 Å². The molecule has 0 aliphatic rings. The zero-order chi connectivity index (χ0) is 12.1. The Balaban J connectivity index is 2.73.